The van der Waals surface area contributed by atoms with Crippen molar-refractivity contribution in [2.45, 2.75) is 64.3 Å². The number of fused-ring (bicyclic) bond motifs is 1. The summed E-state index contributed by atoms with van der Waals surface area (Å²) in [5.74, 6) is -0.837. The molecule has 3 N–H and O–H groups in total. The maximum Gasteiger partial charge on any atom is 0.303 e. The van der Waals surface area contributed by atoms with E-state index in [9.17, 15) is 14.4 Å². The molecule has 0 saturated heterocycles. The highest BCUT2D eigenvalue weighted by Gasteiger charge is 2.31. The van der Waals surface area contributed by atoms with E-state index in [4.69, 9.17) is 5.11 Å². The van der Waals surface area contributed by atoms with Crippen LogP contribution in [0, 0.1) is 5.92 Å². The summed E-state index contributed by atoms with van der Waals surface area (Å²) in [5, 5.41) is 15.1. The number of aliphatic carboxylic acids is 1. The molecule has 1 saturated carbocycles. The number of hydrogen-bond acceptors (Lipinski definition) is 4. The van der Waals surface area contributed by atoms with Gasteiger partial charge in [-0.15, -0.1) is 11.3 Å². The van der Waals surface area contributed by atoms with Crippen LogP contribution in [0.2, 0.25) is 0 Å². The smallest absolute Gasteiger partial charge is 0.303 e. The van der Waals surface area contributed by atoms with Gasteiger partial charge in [-0.2, -0.15) is 0 Å². The number of thiophene rings is 1. The molecule has 0 aromatic carbocycles. The summed E-state index contributed by atoms with van der Waals surface area (Å²) in [7, 11) is 0. The predicted molar refractivity (Wildman–Crippen MR) is 96.1 cm³/mol. The highest BCUT2D eigenvalue weighted by atomic mass is 32.1. The van der Waals surface area contributed by atoms with E-state index in [1.54, 1.807) is 0 Å². The Hall–Kier alpha value is -1.89. The Labute approximate surface area is 151 Å². The van der Waals surface area contributed by atoms with Crippen molar-refractivity contribution in [3.63, 3.8) is 0 Å². The van der Waals surface area contributed by atoms with Crippen molar-refractivity contribution in [3.05, 3.63) is 16.0 Å². The minimum atomic E-state index is -1.00. The molecule has 136 valence electrons. The van der Waals surface area contributed by atoms with Crippen LogP contribution in [0.4, 0.5) is 5.00 Å². The molecule has 7 heteroatoms. The molecule has 1 fully saturated rings. The van der Waals surface area contributed by atoms with Crippen LogP contribution in [-0.2, 0) is 22.4 Å². The summed E-state index contributed by atoms with van der Waals surface area (Å²) in [4.78, 5) is 36.6. The van der Waals surface area contributed by atoms with Gasteiger partial charge in [0.25, 0.3) is 5.91 Å². The molecule has 3 rings (SSSR count). The van der Waals surface area contributed by atoms with Crippen molar-refractivity contribution in [1.82, 2.24) is 5.32 Å². The molecule has 0 bridgehead atoms. The summed E-state index contributed by atoms with van der Waals surface area (Å²) in [6, 6.07) is 0.255. The maximum absolute atomic E-state index is 12.7. The number of anilines is 1. The SMILES string of the molecule is CC[C@H]1CCc2c(sc(NC(=O)CCC(=O)O)c2C(=O)NC2CC2)C1. The zero-order valence-electron chi connectivity index (χ0n) is 14.4. The van der Waals surface area contributed by atoms with Gasteiger partial charge in [-0.3, -0.25) is 14.4 Å². The van der Waals surface area contributed by atoms with E-state index in [-0.39, 0.29) is 30.7 Å². The molecule has 0 unspecified atom stereocenters. The third-order valence-electron chi connectivity index (χ3n) is 4.90. The Morgan fingerprint density at radius 2 is 1.96 bits per heavy atom. The van der Waals surface area contributed by atoms with Crippen molar-refractivity contribution >= 4 is 34.1 Å². The molecular weight excluding hydrogens is 340 g/mol. The van der Waals surface area contributed by atoms with Crippen molar-refractivity contribution in [1.29, 1.82) is 0 Å². The Morgan fingerprint density at radius 1 is 1.20 bits per heavy atom. The lowest BCUT2D eigenvalue weighted by Crippen LogP contribution is -2.28. The number of carboxylic acids is 1. The second-order valence-corrected chi connectivity index (χ2v) is 8.02. The van der Waals surface area contributed by atoms with Gasteiger partial charge in [-0.25, -0.2) is 0 Å². The van der Waals surface area contributed by atoms with Crippen LogP contribution >= 0.6 is 11.3 Å². The van der Waals surface area contributed by atoms with E-state index in [2.05, 4.69) is 17.6 Å². The average molecular weight is 364 g/mol. The summed E-state index contributed by atoms with van der Waals surface area (Å²) in [5.41, 5.74) is 1.67. The Balaban J connectivity index is 1.82. The molecule has 25 heavy (non-hydrogen) atoms. The highest BCUT2D eigenvalue weighted by molar-refractivity contribution is 7.17. The van der Waals surface area contributed by atoms with E-state index in [0.29, 0.717) is 16.5 Å². The number of nitrogens with one attached hydrogen (secondary N) is 2. The third-order valence-corrected chi connectivity index (χ3v) is 6.07. The predicted octanol–water partition coefficient (Wildman–Crippen LogP) is 2.96. The lowest BCUT2D eigenvalue weighted by atomic mass is 9.85. The first kappa shape index (κ1) is 17.9. The summed E-state index contributed by atoms with van der Waals surface area (Å²) < 4.78 is 0. The lowest BCUT2D eigenvalue weighted by Gasteiger charge is -2.21. The fourth-order valence-electron chi connectivity index (χ4n) is 3.23. The monoisotopic (exact) mass is 364 g/mol. The van der Waals surface area contributed by atoms with Crippen molar-refractivity contribution in [2.24, 2.45) is 5.92 Å². The van der Waals surface area contributed by atoms with Gasteiger partial charge in [0.15, 0.2) is 0 Å². The van der Waals surface area contributed by atoms with Crippen LogP contribution in [-0.4, -0.2) is 28.9 Å². The molecule has 0 spiro atoms. The Morgan fingerprint density at radius 3 is 2.60 bits per heavy atom. The van der Waals surface area contributed by atoms with Crippen LogP contribution in [0.25, 0.3) is 0 Å². The summed E-state index contributed by atoms with van der Waals surface area (Å²) >= 11 is 1.48. The van der Waals surface area contributed by atoms with Gasteiger partial charge in [-0.05, 0) is 43.6 Å². The molecule has 2 amide bonds. The number of carboxylic acid groups (broad SMARTS) is 1. The van der Waals surface area contributed by atoms with Crippen LogP contribution in [0.3, 0.4) is 0 Å². The molecular formula is C18H24N2O4S. The van der Waals surface area contributed by atoms with Crippen molar-refractivity contribution in [2.75, 3.05) is 5.32 Å². The van der Waals surface area contributed by atoms with Gasteiger partial charge in [0, 0.05) is 17.3 Å². The van der Waals surface area contributed by atoms with Crippen molar-refractivity contribution in [3.8, 4) is 0 Å². The number of carbonyl (C=O) groups is 3. The van der Waals surface area contributed by atoms with Gasteiger partial charge in [0.2, 0.25) is 5.91 Å². The van der Waals surface area contributed by atoms with Gasteiger partial charge in [0.05, 0.1) is 12.0 Å². The minimum Gasteiger partial charge on any atom is -0.481 e. The quantitative estimate of drug-likeness (QED) is 0.693. The number of rotatable bonds is 7. The summed E-state index contributed by atoms with van der Waals surface area (Å²) in [6.45, 7) is 2.18. The molecule has 0 radical (unpaired) electrons. The van der Waals surface area contributed by atoms with Gasteiger partial charge in [0.1, 0.15) is 5.00 Å². The molecule has 6 nitrogen and oxygen atoms in total. The third kappa shape index (κ3) is 4.39. The van der Waals surface area contributed by atoms with Crippen LogP contribution in [0.15, 0.2) is 0 Å². The first-order valence-corrected chi connectivity index (χ1v) is 9.76. The minimum absolute atomic E-state index is 0.0842. The molecule has 1 aromatic heterocycles. The molecule has 1 atom stereocenters. The highest BCUT2D eigenvalue weighted by Crippen LogP contribution is 2.40. The first-order valence-electron chi connectivity index (χ1n) is 8.95. The zero-order chi connectivity index (χ0) is 18.0. The Kier molecular flexibility index (Phi) is 5.42. The van der Waals surface area contributed by atoms with E-state index < -0.39 is 5.97 Å². The van der Waals surface area contributed by atoms with Crippen LogP contribution < -0.4 is 10.6 Å². The van der Waals surface area contributed by atoms with Gasteiger partial charge < -0.3 is 15.7 Å². The van der Waals surface area contributed by atoms with E-state index in [1.165, 1.54) is 16.2 Å². The van der Waals surface area contributed by atoms with Crippen molar-refractivity contribution < 1.29 is 19.5 Å². The normalized spacial score (nSPS) is 19.2. The van der Waals surface area contributed by atoms with Gasteiger partial charge >= 0.3 is 5.97 Å². The Bertz CT molecular complexity index is 693. The molecule has 2 aliphatic carbocycles. The largest absolute Gasteiger partial charge is 0.481 e. The van der Waals surface area contributed by atoms with E-state index in [1.807, 2.05) is 0 Å². The zero-order valence-corrected chi connectivity index (χ0v) is 15.2. The lowest BCUT2D eigenvalue weighted by molar-refractivity contribution is -0.138. The summed E-state index contributed by atoms with van der Waals surface area (Å²) in [6.07, 6.45) is 5.72. The second-order valence-electron chi connectivity index (χ2n) is 6.91. The molecule has 1 aromatic rings. The standard InChI is InChI=1S/C18H24N2O4S/c1-2-10-3-6-12-13(9-10)25-18(20-14(21)7-8-15(22)23)16(12)17(24)19-11-4-5-11/h10-11H,2-9H2,1H3,(H,19,24)(H,20,21)(H,22,23)/t10-/m0/s1. The van der Waals surface area contributed by atoms with Gasteiger partial charge in [-0.1, -0.05) is 13.3 Å². The number of amides is 2. The molecule has 2 aliphatic rings. The second kappa shape index (κ2) is 7.56. The number of carbonyl (C=O) groups excluding carboxylic acids is 2. The fourth-order valence-corrected chi connectivity index (χ4v) is 4.60. The topological polar surface area (TPSA) is 95.5 Å². The van der Waals surface area contributed by atoms with Crippen LogP contribution in [0.1, 0.15) is 66.2 Å². The average Bonchev–Trinajstić information content (AvgIpc) is 3.31. The molecule has 0 aliphatic heterocycles. The van der Waals surface area contributed by atoms with E-state index in [0.717, 1.165) is 44.1 Å². The van der Waals surface area contributed by atoms with Crippen LogP contribution in [0.5, 0.6) is 0 Å². The maximum atomic E-state index is 12.7. The first-order chi connectivity index (χ1) is 12.0. The fraction of sp³-hybridized carbons (Fsp3) is 0.611. The number of hydrogen-bond donors (Lipinski definition) is 3. The molecule has 1 heterocycles. The van der Waals surface area contributed by atoms with E-state index >= 15 is 0 Å².